The Labute approximate surface area is 109 Å². The third-order valence-corrected chi connectivity index (χ3v) is 3.19. The first-order chi connectivity index (χ1) is 7.60. The molecule has 0 fully saturated rings. The second-order valence-electron chi connectivity index (χ2n) is 3.50. The second-order valence-corrected chi connectivity index (χ2v) is 4.79. The van der Waals surface area contributed by atoms with E-state index in [0.29, 0.717) is 11.4 Å². The number of carbonyl (C=O) groups excluding carboxylic acids is 1. The first-order valence-corrected chi connectivity index (χ1v) is 6.27. The standard InChI is InChI=1S/C12H14BrClO2/c1-3-4-11(15)12(16-2)9-6-5-8(14)7-10(9)13/h5-7,12H,3-4H2,1-2H3. The van der Waals surface area contributed by atoms with E-state index < -0.39 is 6.10 Å². The molecular formula is C12H14BrClO2. The van der Waals surface area contributed by atoms with Crippen LogP contribution in [0.2, 0.25) is 5.02 Å². The van der Waals surface area contributed by atoms with E-state index in [1.165, 1.54) is 0 Å². The quantitative estimate of drug-likeness (QED) is 0.816. The van der Waals surface area contributed by atoms with E-state index in [1.807, 2.05) is 13.0 Å². The zero-order chi connectivity index (χ0) is 12.1. The number of benzene rings is 1. The van der Waals surface area contributed by atoms with Crippen molar-refractivity contribution >= 4 is 33.3 Å². The molecule has 4 heteroatoms. The minimum absolute atomic E-state index is 0.0908. The molecule has 0 heterocycles. The van der Waals surface area contributed by atoms with Crippen molar-refractivity contribution in [3.8, 4) is 0 Å². The minimum atomic E-state index is -0.508. The van der Waals surface area contributed by atoms with Crippen LogP contribution in [0.15, 0.2) is 22.7 Å². The zero-order valence-electron chi connectivity index (χ0n) is 9.30. The molecule has 88 valence electrons. The van der Waals surface area contributed by atoms with E-state index in [-0.39, 0.29) is 5.78 Å². The summed E-state index contributed by atoms with van der Waals surface area (Å²) < 4.78 is 6.05. The van der Waals surface area contributed by atoms with E-state index in [0.717, 1.165) is 16.5 Å². The summed E-state index contributed by atoms with van der Waals surface area (Å²) in [6.45, 7) is 1.97. The lowest BCUT2D eigenvalue weighted by Crippen LogP contribution is -2.14. The van der Waals surface area contributed by atoms with Crippen LogP contribution in [0, 0.1) is 0 Å². The van der Waals surface area contributed by atoms with Crippen LogP contribution in [-0.4, -0.2) is 12.9 Å². The first-order valence-electron chi connectivity index (χ1n) is 5.10. The SMILES string of the molecule is CCCC(=O)C(OC)c1ccc(Cl)cc1Br. The summed E-state index contributed by atoms with van der Waals surface area (Å²) in [5, 5.41) is 0.633. The van der Waals surface area contributed by atoms with Gasteiger partial charge in [0, 0.05) is 28.6 Å². The monoisotopic (exact) mass is 304 g/mol. The maximum atomic E-state index is 11.8. The topological polar surface area (TPSA) is 26.3 Å². The fraction of sp³-hybridized carbons (Fsp3) is 0.417. The average molecular weight is 306 g/mol. The van der Waals surface area contributed by atoms with Gasteiger partial charge in [0.1, 0.15) is 6.10 Å². The van der Waals surface area contributed by atoms with E-state index in [9.17, 15) is 4.79 Å². The van der Waals surface area contributed by atoms with E-state index in [1.54, 1.807) is 19.2 Å². The molecule has 0 radical (unpaired) electrons. The normalized spacial score (nSPS) is 12.5. The maximum Gasteiger partial charge on any atom is 0.166 e. The second kappa shape index (κ2) is 6.38. The number of Topliss-reactive ketones (excluding diaryl/α,β-unsaturated/α-hetero) is 1. The number of hydrogen-bond donors (Lipinski definition) is 0. The van der Waals surface area contributed by atoms with Crippen molar-refractivity contribution in [1.82, 2.24) is 0 Å². The highest BCUT2D eigenvalue weighted by molar-refractivity contribution is 9.10. The predicted molar refractivity (Wildman–Crippen MR) is 68.8 cm³/mol. The highest BCUT2D eigenvalue weighted by atomic mass is 79.9. The van der Waals surface area contributed by atoms with Crippen LogP contribution in [0.3, 0.4) is 0 Å². The van der Waals surface area contributed by atoms with Crippen molar-refractivity contribution < 1.29 is 9.53 Å². The summed E-state index contributed by atoms with van der Waals surface area (Å²) in [6.07, 6.45) is 0.837. The third kappa shape index (κ3) is 3.30. The van der Waals surface area contributed by atoms with Crippen LogP contribution < -0.4 is 0 Å². The van der Waals surface area contributed by atoms with Gasteiger partial charge in [-0.2, -0.15) is 0 Å². The number of ketones is 1. The summed E-state index contributed by atoms with van der Waals surface area (Å²) in [4.78, 5) is 11.8. The van der Waals surface area contributed by atoms with E-state index >= 15 is 0 Å². The lowest BCUT2D eigenvalue weighted by molar-refractivity contribution is -0.129. The Kier molecular flexibility index (Phi) is 5.46. The van der Waals surface area contributed by atoms with E-state index in [2.05, 4.69) is 15.9 Å². The molecule has 0 amide bonds. The van der Waals surface area contributed by atoms with Crippen LogP contribution in [0.4, 0.5) is 0 Å². The number of rotatable bonds is 5. The summed E-state index contributed by atoms with van der Waals surface area (Å²) >= 11 is 9.24. The largest absolute Gasteiger partial charge is 0.369 e. The van der Waals surface area contributed by atoms with E-state index in [4.69, 9.17) is 16.3 Å². The predicted octanol–water partition coefficient (Wildman–Crippen LogP) is 4.16. The summed E-state index contributed by atoms with van der Waals surface area (Å²) in [7, 11) is 1.54. The lowest BCUT2D eigenvalue weighted by Gasteiger charge is -2.15. The van der Waals surface area contributed by atoms with Crippen molar-refractivity contribution in [3.63, 3.8) is 0 Å². The Morgan fingerprint density at radius 1 is 1.56 bits per heavy atom. The molecule has 0 spiro atoms. The van der Waals surface area contributed by atoms with Gasteiger partial charge in [0.15, 0.2) is 5.78 Å². The number of hydrogen-bond acceptors (Lipinski definition) is 2. The van der Waals surface area contributed by atoms with Crippen molar-refractivity contribution in [2.45, 2.75) is 25.9 Å². The first kappa shape index (κ1) is 13.7. The fourth-order valence-corrected chi connectivity index (χ4v) is 2.41. The summed E-state index contributed by atoms with van der Waals surface area (Å²) in [6, 6.07) is 5.34. The molecular weight excluding hydrogens is 291 g/mol. The highest BCUT2D eigenvalue weighted by Gasteiger charge is 2.21. The molecule has 1 unspecified atom stereocenters. The molecule has 0 aromatic heterocycles. The van der Waals surface area contributed by atoms with Gasteiger partial charge in [0.2, 0.25) is 0 Å². The van der Waals surface area contributed by atoms with Crippen molar-refractivity contribution in [3.05, 3.63) is 33.3 Å². The molecule has 1 aromatic rings. The molecule has 2 nitrogen and oxygen atoms in total. The van der Waals surface area contributed by atoms with Gasteiger partial charge in [0.05, 0.1) is 0 Å². The summed E-state index contributed by atoms with van der Waals surface area (Å²) in [5.74, 6) is 0.0908. The van der Waals surface area contributed by atoms with Crippen LogP contribution in [0.25, 0.3) is 0 Å². The molecule has 0 saturated heterocycles. The van der Waals surface area contributed by atoms with Gasteiger partial charge in [-0.15, -0.1) is 0 Å². The average Bonchev–Trinajstić information content (AvgIpc) is 2.22. The minimum Gasteiger partial charge on any atom is -0.369 e. The highest BCUT2D eigenvalue weighted by Crippen LogP contribution is 2.29. The molecule has 0 aliphatic carbocycles. The Morgan fingerprint density at radius 3 is 2.75 bits per heavy atom. The molecule has 0 aliphatic heterocycles. The Morgan fingerprint density at radius 2 is 2.25 bits per heavy atom. The third-order valence-electron chi connectivity index (χ3n) is 2.27. The lowest BCUT2D eigenvalue weighted by atomic mass is 10.0. The van der Waals surface area contributed by atoms with Gasteiger partial charge >= 0.3 is 0 Å². The van der Waals surface area contributed by atoms with Gasteiger partial charge < -0.3 is 4.74 Å². The van der Waals surface area contributed by atoms with Crippen LogP contribution in [0.5, 0.6) is 0 Å². The molecule has 0 aliphatic rings. The Hall–Kier alpha value is -0.380. The van der Waals surface area contributed by atoms with Crippen molar-refractivity contribution in [2.75, 3.05) is 7.11 Å². The zero-order valence-corrected chi connectivity index (χ0v) is 11.6. The van der Waals surface area contributed by atoms with Crippen molar-refractivity contribution in [1.29, 1.82) is 0 Å². The number of methoxy groups -OCH3 is 1. The van der Waals surface area contributed by atoms with Gasteiger partial charge in [-0.1, -0.05) is 40.5 Å². The van der Waals surface area contributed by atoms with Crippen LogP contribution in [-0.2, 0) is 9.53 Å². The van der Waals surface area contributed by atoms with Crippen molar-refractivity contribution in [2.24, 2.45) is 0 Å². The van der Waals surface area contributed by atoms with Gasteiger partial charge in [-0.05, 0) is 18.6 Å². The Bertz CT molecular complexity index is 379. The molecule has 1 aromatic carbocycles. The maximum absolute atomic E-state index is 11.8. The molecule has 1 atom stereocenters. The number of halogens is 2. The Balaban J connectivity index is 2.99. The van der Waals surface area contributed by atoms with Gasteiger partial charge in [0.25, 0.3) is 0 Å². The van der Waals surface area contributed by atoms with Gasteiger partial charge in [-0.25, -0.2) is 0 Å². The number of ether oxygens (including phenoxy) is 1. The molecule has 0 saturated carbocycles. The van der Waals surface area contributed by atoms with Gasteiger partial charge in [-0.3, -0.25) is 4.79 Å². The fourth-order valence-electron chi connectivity index (χ4n) is 1.52. The van der Waals surface area contributed by atoms with Crippen LogP contribution in [0.1, 0.15) is 31.4 Å². The number of carbonyl (C=O) groups is 1. The molecule has 0 N–H and O–H groups in total. The molecule has 16 heavy (non-hydrogen) atoms. The smallest absolute Gasteiger partial charge is 0.166 e. The molecule has 1 rings (SSSR count). The summed E-state index contributed by atoms with van der Waals surface area (Å²) in [5.41, 5.74) is 0.824. The van der Waals surface area contributed by atoms with Crippen LogP contribution >= 0.6 is 27.5 Å². The molecule has 0 bridgehead atoms.